The third-order valence-corrected chi connectivity index (χ3v) is 3.20. The molecule has 0 radical (unpaired) electrons. The van der Waals surface area contributed by atoms with Gasteiger partial charge in [0.1, 0.15) is 5.54 Å². The van der Waals surface area contributed by atoms with Crippen LogP contribution in [0.2, 0.25) is 0 Å². The standard InChI is InChI=1S/C14H27N3/c1-11(2)8-17(12(3)4)10-14(5,9-15)16-13-6-7-13/h11-13,16H,6-8,10H2,1-5H3. The molecule has 0 heterocycles. The van der Waals surface area contributed by atoms with E-state index < -0.39 is 5.54 Å². The Hall–Kier alpha value is -0.590. The van der Waals surface area contributed by atoms with Gasteiger partial charge in [0, 0.05) is 25.2 Å². The molecule has 1 N–H and O–H groups in total. The van der Waals surface area contributed by atoms with Crippen molar-refractivity contribution in [1.29, 1.82) is 5.26 Å². The zero-order valence-corrected chi connectivity index (χ0v) is 12.0. The van der Waals surface area contributed by atoms with Gasteiger partial charge in [-0.1, -0.05) is 13.8 Å². The maximum absolute atomic E-state index is 9.39. The maximum Gasteiger partial charge on any atom is 0.116 e. The first-order valence-electron chi connectivity index (χ1n) is 6.79. The number of nitrogens with one attached hydrogen (secondary N) is 1. The topological polar surface area (TPSA) is 39.1 Å². The van der Waals surface area contributed by atoms with E-state index in [1.54, 1.807) is 0 Å². The number of nitrogens with zero attached hydrogens (tertiary/aromatic N) is 2. The van der Waals surface area contributed by atoms with E-state index in [0.717, 1.165) is 13.1 Å². The molecule has 1 aliphatic carbocycles. The molecule has 0 aliphatic heterocycles. The second kappa shape index (κ2) is 5.84. The Bertz CT molecular complexity index is 276. The Morgan fingerprint density at radius 3 is 2.29 bits per heavy atom. The summed E-state index contributed by atoms with van der Waals surface area (Å²) >= 11 is 0. The summed E-state index contributed by atoms with van der Waals surface area (Å²) in [4.78, 5) is 2.41. The predicted octanol–water partition coefficient (Wildman–Crippen LogP) is 2.39. The number of rotatable bonds is 7. The highest BCUT2D eigenvalue weighted by atomic mass is 15.2. The number of hydrogen-bond acceptors (Lipinski definition) is 3. The van der Waals surface area contributed by atoms with E-state index in [9.17, 15) is 5.26 Å². The third-order valence-electron chi connectivity index (χ3n) is 3.20. The molecule has 0 bridgehead atoms. The lowest BCUT2D eigenvalue weighted by Crippen LogP contribution is -2.53. The molecule has 0 aromatic carbocycles. The first-order valence-corrected chi connectivity index (χ1v) is 6.79. The third kappa shape index (κ3) is 5.06. The molecule has 1 rings (SSSR count). The molecule has 1 fully saturated rings. The van der Waals surface area contributed by atoms with Gasteiger partial charge < -0.3 is 0 Å². The second-order valence-electron chi connectivity index (χ2n) is 6.28. The quantitative estimate of drug-likeness (QED) is 0.739. The minimum absolute atomic E-state index is 0.402. The molecule has 1 saturated carbocycles. The van der Waals surface area contributed by atoms with Crippen LogP contribution in [0.5, 0.6) is 0 Å². The predicted molar refractivity (Wildman–Crippen MR) is 71.7 cm³/mol. The summed E-state index contributed by atoms with van der Waals surface area (Å²) in [6.45, 7) is 12.8. The van der Waals surface area contributed by atoms with E-state index in [-0.39, 0.29) is 0 Å². The Morgan fingerprint density at radius 2 is 1.94 bits per heavy atom. The van der Waals surface area contributed by atoms with Crippen LogP contribution in [0.4, 0.5) is 0 Å². The Morgan fingerprint density at radius 1 is 1.35 bits per heavy atom. The van der Waals surface area contributed by atoms with Gasteiger partial charge in [-0.25, -0.2) is 0 Å². The molecular weight excluding hydrogens is 210 g/mol. The van der Waals surface area contributed by atoms with Crippen LogP contribution in [0.1, 0.15) is 47.5 Å². The van der Waals surface area contributed by atoms with Gasteiger partial charge in [0.05, 0.1) is 6.07 Å². The number of hydrogen-bond donors (Lipinski definition) is 1. The highest BCUT2D eigenvalue weighted by molar-refractivity contribution is 5.09. The maximum atomic E-state index is 9.39. The van der Waals surface area contributed by atoms with Crippen molar-refractivity contribution >= 4 is 0 Å². The Labute approximate surface area is 106 Å². The van der Waals surface area contributed by atoms with Gasteiger partial charge in [0.15, 0.2) is 0 Å². The van der Waals surface area contributed by atoms with Crippen LogP contribution in [-0.2, 0) is 0 Å². The zero-order chi connectivity index (χ0) is 13.1. The van der Waals surface area contributed by atoms with Crippen molar-refractivity contribution in [2.75, 3.05) is 13.1 Å². The van der Waals surface area contributed by atoms with Crippen LogP contribution in [0.15, 0.2) is 0 Å². The minimum Gasteiger partial charge on any atom is -0.298 e. The second-order valence-corrected chi connectivity index (χ2v) is 6.28. The highest BCUT2D eigenvalue weighted by Gasteiger charge is 2.34. The molecule has 17 heavy (non-hydrogen) atoms. The van der Waals surface area contributed by atoms with E-state index in [1.807, 2.05) is 6.92 Å². The number of nitriles is 1. The van der Waals surface area contributed by atoms with Gasteiger partial charge in [0.2, 0.25) is 0 Å². The highest BCUT2D eigenvalue weighted by Crippen LogP contribution is 2.23. The Kier molecular flexibility index (Phi) is 4.97. The summed E-state index contributed by atoms with van der Waals surface area (Å²) in [6.07, 6.45) is 2.45. The van der Waals surface area contributed by atoms with Crippen LogP contribution >= 0.6 is 0 Å². The van der Waals surface area contributed by atoms with E-state index in [2.05, 4.69) is 44.0 Å². The molecule has 1 atom stereocenters. The van der Waals surface area contributed by atoms with Crippen LogP contribution < -0.4 is 5.32 Å². The normalized spacial score (nSPS) is 19.7. The fraction of sp³-hybridized carbons (Fsp3) is 0.929. The molecule has 0 amide bonds. The molecule has 1 aliphatic rings. The van der Waals surface area contributed by atoms with Gasteiger partial charge >= 0.3 is 0 Å². The fourth-order valence-electron chi connectivity index (χ4n) is 2.12. The first kappa shape index (κ1) is 14.5. The summed E-state index contributed by atoms with van der Waals surface area (Å²) in [5.41, 5.74) is -0.402. The molecule has 1 unspecified atom stereocenters. The smallest absolute Gasteiger partial charge is 0.116 e. The summed E-state index contributed by atoms with van der Waals surface area (Å²) in [5, 5.41) is 12.9. The van der Waals surface area contributed by atoms with Gasteiger partial charge in [-0.05, 0) is 39.5 Å². The Balaban J connectivity index is 2.58. The van der Waals surface area contributed by atoms with Crippen molar-refractivity contribution in [3.8, 4) is 6.07 Å². The van der Waals surface area contributed by atoms with Crippen molar-refractivity contribution in [1.82, 2.24) is 10.2 Å². The average Bonchev–Trinajstić information content (AvgIpc) is 2.99. The van der Waals surface area contributed by atoms with Crippen LogP contribution in [-0.4, -0.2) is 35.6 Å². The lowest BCUT2D eigenvalue weighted by molar-refractivity contribution is 0.160. The van der Waals surface area contributed by atoms with E-state index in [1.165, 1.54) is 12.8 Å². The van der Waals surface area contributed by atoms with E-state index in [4.69, 9.17) is 0 Å². The van der Waals surface area contributed by atoms with Gasteiger partial charge in [-0.2, -0.15) is 5.26 Å². The summed E-state index contributed by atoms with van der Waals surface area (Å²) < 4.78 is 0. The van der Waals surface area contributed by atoms with Crippen molar-refractivity contribution in [3.05, 3.63) is 0 Å². The molecule has 0 aromatic heterocycles. The molecule has 0 spiro atoms. The minimum atomic E-state index is -0.402. The van der Waals surface area contributed by atoms with Crippen molar-refractivity contribution in [3.63, 3.8) is 0 Å². The first-order chi connectivity index (χ1) is 7.86. The van der Waals surface area contributed by atoms with Crippen LogP contribution in [0, 0.1) is 17.2 Å². The molecule has 0 saturated heterocycles. The molecular formula is C14H27N3. The van der Waals surface area contributed by atoms with E-state index in [0.29, 0.717) is 18.0 Å². The van der Waals surface area contributed by atoms with Gasteiger partial charge in [-0.3, -0.25) is 10.2 Å². The average molecular weight is 237 g/mol. The SMILES string of the molecule is CC(C)CN(CC(C)(C#N)NC1CC1)C(C)C. The lowest BCUT2D eigenvalue weighted by Gasteiger charge is -2.35. The molecule has 98 valence electrons. The van der Waals surface area contributed by atoms with Crippen LogP contribution in [0.25, 0.3) is 0 Å². The summed E-state index contributed by atoms with van der Waals surface area (Å²) in [7, 11) is 0. The monoisotopic (exact) mass is 237 g/mol. The summed E-state index contributed by atoms with van der Waals surface area (Å²) in [5.74, 6) is 0.640. The molecule has 0 aromatic rings. The van der Waals surface area contributed by atoms with Crippen LogP contribution in [0.3, 0.4) is 0 Å². The van der Waals surface area contributed by atoms with Crippen molar-refractivity contribution < 1.29 is 0 Å². The molecule has 3 heteroatoms. The zero-order valence-electron chi connectivity index (χ0n) is 12.0. The summed E-state index contributed by atoms with van der Waals surface area (Å²) in [6, 6.07) is 3.52. The largest absolute Gasteiger partial charge is 0.298 e. The van der Waals surface area contributed by atoms with Crippen molar-refractivity contribution in [2.45, 2.75) is 65.1 Å². The molecule has 3 nitrogen and oxygen atoms in total. The van der Waals surface area contributed by atoms with Gasteiger partial charge in [-0.15, -0.1) is 0 Å². The van der Waals surface area contributed by atoms with Crippen molar-refractivity contribution in [2.24, 2.45) is 5.92 Å². The fourth-order valence-corrected chi connectivity index (χ4v) is 2.12. The lowest BCUT2D eigenvalue weighted by atomic mass is 10.0. The van der Waals surface area contributed by atoms with E-state index >= 15 is 0 Å². The van der Waals surface area contributed by atoms with Gasteiger partial charge in [0.25, 0.3) is 0 Å².